The molecule has 1 unspecified atom stereocenters. The average molecular weight is 196 g/mol. The molecule has 1 saturated heterocycles. The molecule has 0 aromatic carbocycles. The molecule has 1 aliphatic heterocycles. The zero-order chi connectivity index (χ0) is 9.80. The second kappa shape index (κ2) is 4.52. The van der Waals surface area contributed by atoms with E-state index in [9.17, 15) is 0 Å². The van der Waals surface area contributed by atoms with E-state index in [1.807, 2.05) is 0 Å². The van der Waals surface area contributed by atoms with Crippen LogP contribution >= 0.6 is 0 Å². The maximum atomic E-state index is 4.70. The molecule has 1 aromatic heterocycles. The monoisotopic (exact) mass is 196 g/mol. The predicted octanol–water partition coefficient (Wildman–Crippen LogP) is 0.253. The fraction of sp³-hybridized carbons (Fsp3) is 0.778. The van der Waals surface area contributed by atoms with Gasteiger partial charge in [-0.3, -0.25) is 4.90 Å². The van der Waals surface area contributed by atoms with Gasteiger partial charge in [0.15, 0.2) is 5.82 Å². The van der Waals surface area contributed by atoms with Crippen molar-refractivity contribution in [1.82, 2.24) is 20.4 Å². The van der Waals surface area contributed by atoms with Crippen LogP contribution in [0, 0.1) is 0 Å². The van der Waals surface area contributed by atoms with Gasteiger partial charge in [-0.2, -0.15) is 4.98 Å². The molecule has 1 aliphatic rings. The maximum absolute atomic E-state index is 4.70. The smallest absolute Gasteiger partial charge is 0.213 e. The highest BCUT2D eigenvalue weighted by Gasteiger charge is 2.22. The van der Waals surface area contributed by atoms with Crippen molar-refractivity contribution in [1.29, 1.82) is 0 Å². The summed E-state index contributed by atoms with van der Waals surface area (Å²) in [4.78, 5) is 6.36. The molecule has 78 valence electrons. The summed E-state index contributed by atoms with van der Waals surface area (Å²) >= 11 is 0. The molecule has 5 nitrogen and oxygen atoms in total. The molecule has 1 fully saturated rings. The maximum Gasteiger partial charge on any atom is 0.213 e. The first-order valence-electron chi connectivity index (χ1n) is 5.09. The minimum Gasteiger partial charge on any atom is -0.343 e. The van der Waals surface area contributed by atoms with Crippen LogP contribution in [0.4, 0.5) is 0 Å². The first kappa shape index (κ1) is 9.61. The van der Waals surface area contributed by atoms with Gasteiger partial charge < -0.3 is 9.84 Å². The van der Waals surface area contributed by atoms with Crippen LogP contribution in [-0.2, 0) is 6.54 Å². The first-order chi connectivity index (χ1) is 6.88. The van der Waals surface area contributed by atoms with Gasteiger partial charge in [0.2, 0.25) is 6.39 Å². The fourth-order valence-corrected chi connectivity index (χ4v) is 1.89. The number of rotatable bonds is 4. The van der Waals surface area contributed by atoms with Gasteiger partial charge in [-0.15, -0.1) is 0 Å². The molecule has 0 radical (unpaired) electrons. The number of nitrogens with zero attached hydrogens (tertiary/aromatic N) is 3. The molecule has 0 spiro atoms. The van der Waals surface area contributed by atoms with Gasteiger partial charge in [0.25, 0.3) is 0 Å². The minimum atomic E-state index is 0.631. The van der Waals surface area contributed by atoms with E-state index in [1.165, 1.54) is 12.8 Å². The van der Waals surface area contributed by atoms with E-state index in [-0.39, 0.29) is 0 Å². The molecular weight excluding hydrogens is 180 g/mol. The Kier molecular flexibility index (Phi) is 3.10. The topological polar surface area (TPSA) is 54.2 Å². The van der Waals surface area contributed by atoms with Crippen LogP contribution in [0.15, 0.2) is 10.9 Å². The third-order valence-corrected chi connectivity index (χ3v) is 2.54. The molecule has 2 heterocycles. The summed E-state index contributed by atoms with van der Waals surface area (Å²) in [7, 11) is 0. The van der Waals surface area contributed by atoms with Crippen molar-refractivity contribution in [2.75, 3.05) is 19.6 Å². The summed E-state index contributed by atoms with van der Waals surface area (Å²) in [5.74, 6) is 0.780. The lowest BCUT2D eigenvalue weighted by molar-refractivity contribution is 0.303. The zero-order valence-corrected chi connectivity index (χ0v) is 8.44. The largest absolute Gasteiger partial charge is 0.343 e. The molecule has 2 rings (SSSR count). The molecule has 0 amide bonds. The molecule has 1 atom stereocenters. The van der Waals surface area contributed by atoms with Crippen molar-refractivity contribution in [3.63, 3.8) is 0 Å². The van der Waals surface area contributed by atoms with Crippen molar-refractivity contribution >= 4 is 0 Å². The second-order valence-corrected chi connectivity index (χ2v) is 3.63. The van der Waals surface area contributed by atoms with E-state index in [4.69, 9.17) is 4.52 Å². The quantitative estimate of drug-likeness (QED) is 0.748. The Morgan fingerprint density at radius 1 is 1.71 bits per heavy atom. The minimum absolute atomic E-state index is 0.631. The number of hydrogen-bond donors (Lipinski definition) is 1. The van der Waals surface area contributed by atoms with Gasteiger partial charge in [-0.1, -0.05) is 12.1 Å². The Morgan fingerprint density at radius 3 is 3.36 bits per heavy atom. The Hall–Kier alpha value is -0.940. The number of aromatic nitrogens is 2. The summed E-state index contributed by atoms with van der Waals surface area (Å²) in [6.07, 6.45) is 2.60. The molecule has 14 heavy (non-hydrogen) atoms. The average Bonchev–Trinajstić information content (AvgIpc) is 2.79. The Labute approximate surface area is 83.5 Å². The van der Waals surface area contributed by atoms with Gasteiger partial charge in [-0.05, 0) is 13.0 Å². The lowest BCUT2D eigenvalue weighted by atomic mass is 10.3. The summed E-state index contributed by atoms with van der Waals surface area (Å²) in [6.45, 7) is 6.19. The number of nitrogens with one attached hydrogen (secondary N) is 1. The normalized spacial score (nSPS) is 23.1. The van der Waals surface area contributed by atoms with E-state index in [0.29, 0.717) is 6.04 Å². The van der Waals surface area contributed by atoms with E-state index in [2.05, 4.69) is 27.3 Å². The van der Waals surface area contributed by atoms with Gasteiger partial charge >= 0.3 is 0 Å². The van der Waals surface area contributed by atoms with Crippen LogP contribution in [0.25, 0.3) is 0 Å². The fourth-order valence-electron chi connectivity index (χ4n) is 1.89. The zero-order valence-electron chi connectivity index (χ0n) is 8.44. The molecule has 1 aromatic rings. The third-order valence-electron chi connectivity index (χ3n) is 2.54. The van der Waals surface area contributed by atoms with Crippen LogP contribution < -0.4 is 5.32 Å². The lowest BCUT2D eigenvalue weighted by Crippen LogP contribution is -2.32. The van der Waals surface area contributed by atoms with Crippen molar-refractivity contribution < 1.29 is 4.52 Å². The standard InChI is InChI=1S/C9H16N4O/c1-2-10-8-3-4-13(5-8)6-9-11-7-14-12-9/h7-8,10H,2-6H2,1H3. The van der Waals surface area contributed by atoms with E-state index in [0.717, 1.165) is 32.0 Å². The third kappa shape index (κ3) is 2.30. The SMILES string of the molecule is CCNC1CCN(Cc2ncon2)C1. The highest BCUT2D eigenvalue weighted by molar-refractivity contribution is 4.85. The second-order valence-electron chi connectivity index (χ2n) is 3.63. The van der Waals surface area contributed by atoms with Crippen LogP contribution in [0.5, 0.6) is 0 Å². The van der Waals surface area contributed by atoms with Crippen LogP contribution in [0.1, 0.15) is 19.2 Å². The Morgan fingerprint density at radius 2 is 2.64 bits per heavy atom. The summed E-state index contributed by atoms with van der Waals surface area (Å²) in [5.41, 5.74) is 0. The summed E-state index contributed by atoms with van der Waals surface area (Å²) in [6, 6.07) is 0.631. The van der Waals surface area contributed by atoms with Crippen LogP contribution in [0.2, 0.25) is 0 Å². The number of likely N-dealkylation sites (tertiary alicyclic amines) is 1. The Bertz CT molecular complexity index is 262. The molecule has 0 bridgehead atoms. The Balaban J connectivity index is 1.79. The van der Waals surface area contributed by atoms with Gasteiger partial charge in [-0.25, -0.2) is 0 Å². The van der Waals surface area contributed by atoms with E-state index >= 15 is 0 Å². The summed E-state index contributed by atoms with van der Waals surface area (Å²) < 4.78 is 4.70. The van der Waals surface area contributed by atoms with Crippen molar-refractivity contribution in [2.45, 2.75) is 25.9 Å². The van der Waals surface area contributed by atoms with Crippen molar-refractivity contribution in [2.24, 2.45) is 0 Å². The molecular formula is C9H16N4O. The highest BCUT2D eigenvalue weighted by atomic mass is 16.5. The van der Waals surface area contributed by atoms with Gasteiger partial charge in [0.05, 0.1) is 6.54 Å². The van der Waals surface area contributed by atoms with E-state index < -0.39 is 0 Å². The molecule has 0 aliphatic carbocycles. The van der Waals surface area contributed by atoms with Gasteiger partial charge in [0, 0.05) is 19.1 Å². The van der Waals surface area contributed by atoms with Crippen LogP contribution in [0.3, 0.4) is 0 Å². The van der Waals surface area contributed by atoms with Gasteiger partial charge in [0.1, 0.15) is 0 Å². The lowest BCUT2D eigenvalue weighted by Gasteiger charge is -2.13. The molecule has 5 heteroatoms. The van der Waals surface area contributed by atoms with Crippen LogP contribution in [-0.4, -0.2) is 40.7 Å². The molecule has 0 saturated carbocycles. The van der Waals surface area contributed by atoms with E-state index in [1.54, 1.807) is 0 Å². The van der Waals surface area contributed by atoms with Crippen molar-refractivity contribution in [3.8, 4) is 0 Å². The number of likely N-dealkylation sites (N-methyl/N-ethyl adjacent to an activating group) is 1. The predicted molar refractivity (Wildman–Crippen MR) is 51.7 cm³/mol. The summed E-state index contributed by atoms with van der Waals surface area (Å²) in [5, 5.41) is 7.25. The highest BCUT2D eigenvalue weighted by Crippen LogP contribution is 2.11. The first-order valence-corrected chi connectivity index (χ1v) is 5.09. The number of hydrogen-bond acceptors (Lipinski definition) is 5. The molecule has 1 N–H and O–H groups in total. The van der Waals surface area contributed by atoms with Crippen molar-refractivity contribution in [3.05, 3.63) is 12.2 Å².